The first-order valence-electron chi connectivity index (χ1n) is 8.90. The Balaban J connectivity index is 0.00000169. The Morgan fingerprint density at radius 2 is 2.04 bits per heavy atom. The minimum atomic E-state index is 0. The largest absolute Gasteiger partial charge is 0.361 e. The Bertz CT molecular complexity index is 685. The van der Waals surface area contributed by atoms with Crippen molar-refractivity contribution >= 4 is 29.2 Å². The molecule has 0 spiro atoms. The number of fused-ring (bicyclic) bond motifs is 2. The number of aromatic amines is 1. The summed E-state index contributed by atoms with van der Waals surface area (Å²) in [5.41, 5.74) is 2.43. The van der Waals surface area contributed by atoms with Gasteiger partial charge in [-0.3, -0.25) is 4.79 Å². The third-order valence-electron chi connectivity index (χ3n) is 5.55. The zero-order valence-corrected chi connectivity index (χ0v) is 14.7. The van der Waals surface area contributed by atoms with Crippen molar-refractivity contribution in [3.05, 3.63) is 36.0 Å². The average molecular weight is 348 g/mol. The Hall–Kier alpha value is -1.52. The van der Waals surface area contributed by atoms with E-state index in [1.807, 2.05) is 6.07 Å². The van der Waals surface area contributed by atoms with Gasteiger partial charge in [0.15, 0.2) is 0 Å². The van der Waals surface area contributed by atoms with Crippen LogP contribution >= 0.6 is 12.4 Å². The van der Waals surface area contributed by atoms with E-state index in [1.165, 1.54) is 36.6 Å². The molecule has 3 atom stereocenters. The highest BCUT2D eigenvalue weighted by molar-refractivity contribution is 5.85. The first kappa shape index (κ1) is 17.3. The van der Waals surface area contributed by atoms with Crippen LogP contribution in [0.15, 0.2) is 30.5 Å². The standard InChI is InChI=1S/C19H25N3O.ClH/c23-19(18-11-13-5-1-3-7-16(13)22-18)20-10-9-14-12-21-17-8-4-2-6-15(14)17;/h2,4,6,8,12-13,16,18,21-22H,1,3,5,7,9-11H2,(H,20,23);1H. The topological polar surface area (TPSA) is 56.9 Å². The number of H-pyrrole nitrogens is 1. The number of hydrogen-bond donors (Lipinski definition) is 3. The van der Waals surface area contributed by atoms with Crippen LogP contribution in [-0.4, -0.2) is 29.5 Å². The van der Waals surface area contributed by atoms with E-state index in [1.54, 1.807) is 0 Å². The van der Waals surface area contributed by atoms with Gasteiger partial charge in [0.1, 0.15) is 0 Å². The number of halogens is 1. The molecule has 1 amide bonds. The molecule has 3 unspecified atom stereocenters. The monoisotopic (exact) mass is 347 g/mol. The molecule has 2 aliphatic rings. The van der Waals surface area contributed by atoms with Crippen molar-refractivity contribution in [3.63, 3.8) is 0 Å². The first-order chi connectivity index (χ1) is 11.3. The Labute approximate surface area is 149 Å². The summed E-state index contributed by atoms with van der Waals surface area (Å²) < 4.78 is 0. The van der Waals surface area contributed by atoms with Gasteiger partial charge in [-0.15, -0.1) is 12.4 Å². The van der Waals surface area contributed by atoms with E-state index < -0.39 is 0 Å². The van der Waals surface area contributed by atoms with Crippen LogP contribution in [0, 0.1) is 5.92 Å². The number of amides is 1. The molecular formula is C19H26ClN3O. The number of carbonyl (C=O) groups excluding carboxylic acids is 1. The number of para-hydroxylation sites is 1. The van der Waals surface area contributed by atoms with Gasteiger partial charge in [-0.2, -0.15) is 0 Å². The lowest BCUT2D eigenvalue weighted by molar-refractivity contribution is -0.122. The smallest absolute Gasteiger partial charge is 0.237 e. The zero-order valence-electron chi connectivity index (χ0n) is 13.9. The predicted octanol–water partition coefficient (Wildman–Crippen LogP) is 3.17. The second kappa shape index (κ2) is 7.58. The highest BCUT2D eigenvalue weighted by atomic mass is 35.5. The van der Waals surface area contributed by atoms with Gasteiger partial charge in [0, 0.05) is 29.7 Å². The normalized spacial score (nSPS) is 25.9. The van der Waals surface area contributed by atoms with Gasteiger partial charge in [-0.1, -0.05) is 31.0 Å². The molecular weight excluding hydrogens is 322 g/mol. The summed E-state index contributed by atoms with van der Waals surface area (Å²) >= 11 is 0. The van der Waals surface area contributed by atoms with E-state index in [9.17, 15) is 4.79 Å². The molecule has 24 heavy (non-hydrogen) atoms. The summed E-state index contributed by atoms with van der Waals surface area (Å²) in [6, 6.07) is 8.91. The van der Waals surface area contributed by atoms with Crippen molar-refractivity contribution in [3.8, 4) is 0 Å². The van der Waals surface area contributed by atoms with Crippen molar-refractivity contribution < 1.29 is 4.79 Å². The van der Waals surface area contributed by atoms with Gasteiger partial charge in [0.05, 0.1) is 6.04 Å². The van der Waals surface area contributed by atoms with Crippen molar-refractivity contribution in [1.29, 1.82) is 0 Å². The van der Waals surface area contributed by atoms with Crippen molar-refractivity contribution in [2.24, 2.45) is 5.92 Å². The van der Waals surface area contributed by atoms with Crippen molar-refractivity contribution in [2.45, 2.75) is 50.6 Å². The van der Waals surface area contributed by atoms with E-state index >= 15 is 0 Å². The molecule has 2 aromatic rings. The third kappa shape index (κ3) is 3.45. The SMILES string of the molecule is Cl.O=C(NCCc1c[nH]c2ccccc12)C1CC2CCCCC2N1. The van der Waals surface area contributed by atoms with E-state index in [4.69, 9.17) is 0 Å². The molecule has 1 aliphatic heterocycles. The zero-order chi connectivity index (χ0) is 15.6. The Morgan fingerprint density at radius 1 is 1.21 bits per heavy atom. The lowest BCUT2D eigenvalue weighted by Crippen LogP contribution is -2.43. The fourth-order valence-corrected chi connectivity index (χ4v) is 4.30. The maximum Gasteiger partial charge on any atom is 0.237 e. The molecule has 1 saturated carbocycles. The minimum Gasteiger partial charge on any atom is -0.361 e. The van der Waals surface area contributed by atoms with Crippen LogP contribution in [0.25, 0.3) is 10.9 Å². The molecule has 5 heteroatoms. The van der Waals surface area contributed by atoms with Crippen LogP contribution in [0.5, 0.6) is 0 Å². The Morgan fingerprint density at radius 3 is 2.92 bits per heavy atom. The number of carbonyl (C=O) groups is 1. The molecule has 0 radical (unpaired) electrons. The summed E-state index contributed by atoms with van der Waals surface area (Å²) in [7, 11) is 0. The van der Waals surface area contributed by atoms with Crippen LogP contribution < -0.4 is 10.6 Å². The van der Waals surface area contributed by atoms with E-state index in [0.717, 1.165) is 18.4 Å². The molecule has 0 bridgehead atoms. The van der Waals surface area contributed by atoms with E-state index in [2.05, 4.69) is 40.0 Å². The summed E-state index contributed by atoms with van der Waals surface area (Å²) in [6.07, 6.45) is 9.11. The quantitative estimate of drug-likeness (QED) is 0.795. The first-order valence-corrected chi connectivity index (χ1v) is 8.90. The minimum absolute atomic E-state index is 0. The molecule has 2 fully saturated rings. The fourth-order valence-electron chi connectivity index (χ4n) is 4.30. The highest BCUT2D eigenvalue weighted by Crippen LogP contribution is 2.33. The number of rotatable bonds is 4. The summed E-state index contributed by atoms with van der Waals surface area (Å²) in [5, 5.41) is 7.93. The van der Waals surface area contributed by atoms with Crippen LogP contribution in [0.2, 0.25) is 0 Å². The molecule has 1 aliphatic carbocycles. The van der Waals surface area contributed by atoms with Crippen LogP contribution in [0.4, 0.5) is 0 Å². The van der Waals surface area contributed by atoms with Crippen LogP contribution in [0.1, 0.15) is 37.7 Å². The lowest BCUT2D eigenvalue weighted by Gasteiger charge is -2.24. The van der Waals surface area contributed by atoms with Gasteiger partial charge in [0.2, 0.25) is 5.91 Å². The third-order valence-corrected chi connectivity index (χ3v) is 5.55. The van der Waals surface area contributed by atoms with E-state index in [-0.39, 0.29) is 24.4 Å². The van der Waals surface area contributed by atoms with Gasteiger partial charge in [-0.25, -0.2) is 0 Å². The second-order valence-electron chi connectivity index (χ2n) is 7.01. The second-order valence-corrected chi connectivity index (χ2v) is 7.01. The average Bonchev–Trinajstić information content (AvgIpc) is 3.19. The summed E-state index contributed by atoms with van der Waals surface area (Å²) in [6.45, 7) is 0.703. The Kier molecular flexibility index (Phi) is 5.47. The lowest BCUT2D eigenvalue weighted by atomic mass is 9.85. The van der Waals surface area contributed by atoms with Crippen LogP contribution in [0.3, 0.4) is 0 Å². The number of aromatic nitrogens is 1. The highest BCUT2D eigenvalue weighted by Gasteiger charge is 2.37. The van der Waals surface area contributed by atoms with Gasteiger partial charge in [-0.05, 0) is 43.2 Å². The predicted molar refractivity (Wildman–Crippen MR) is 99.5 cm³/mol. The fraction of sp³-hybridized carbons (Fsp3) is 0.526. The van der Waals surface area contributed by atoms with Crippen LogP contribution in [-0.2, 0) is 11.2 Å². The molecule has 130 valence electrons. The molecule has 3 N–H and O–H groups in total. The number of benzene rings is 1. The van der Waals surface area contributed by atoms with Crippen molar-refractivity contribution in [1.82, 2.24) is 15.6 Å². The van der Waals surface area contributed by atoms with Gasteiger partial charge >= 0.3 is 0 Å². The van der Waals surface area contributed by atoms with E-state index in [0.29, 0.717) is 18.5 Å². The van der Waals surface area contributed by atoms with Gasteiger partial charge < -0.3 is 15.6 Å². The molecule has 4 nitrogen and oxygen atoms in total. The van der Waals surface area contributed by atoms with Crippen molar-refractivity contribution in [2.75, 3.05) is 6.54 Å². The summed E-state index contributed by atoms with van der Waals surface area (Å²) in [5.74, 6) is 0.896. The number of nitrogens with one attached hydrogen (secondary N) is 3. The molecule has 1 aromatic heterocycles. The molecule has 4 rings (SSSR count). The maximum atomic E-state index is 12.4. The molecule has 1 saturated heterocycles. The van der Waals surface area contributed by atoms with Gasteiger partial charge in [0.25, 0.3) is 0 Å². The summed E-state index contributed by atoms with van der Waals surface area (Å²) in [4.78, 5) is 15.7. The number of hydrogen-bond acceptors (Lipinski definition) is 2. The molecule has 2 heterocycles. The maximum absolute atomic E-state index is 12.4. The molecule has 1 aromatic carbocycles.